The average Bonchev–Trinajstić information content (AvgIpc) is 2.40. The number of benzene rings is 1. The van der Waals surface area contributed by atoms with E-state index in [1.54, 1.807) is 7.11 Å². The van der Waals surface area contributed by atoms with Gasteiger partial charge in [-0.1, -0.05) is 13.0 Å². The van der Waals surface area contributed by atoms with E-state index in [2.05, 4.69) is 17.9 Å². The summed E-state index contributed by atoms with van der Waals surface area (Å²) < 4.78 is 5.43. The lowest BCUT2D eigenvalue weighted by molar-refractivity contribution is 0.0970. The Kier molecular flexibility index (Phi) is 4.32. The summed E-state index contributed by atoms with van der Waals surface area (Å²) >= 11 is 0. The second-order valence-corrected chi connectivity index (χ2v) is 5.46. The van der Waals surface area contributed by atoms with E-state index in [4.69, 9.17) is 10.5 Å². The Morgan fingerprint density at radius 2 is 2.21 bits per heavy atom. The van der Waals surface area contributed by atoms with Crippen LogP contribution in [0.2, 0.25) is 0 Å². The number of aliphatic hydroxyl groups excluding tert-OH is 1. The number of anilines is 1. The highest BCUT2D eigenvalue weighted by Gasteiger charge is 2.27. The lowest BCUT2D eigenvalue weighted by atomic mass is 9.94. The van der Waals surface area contributed by atoms with Crippen LogP contribution in [-0.4, -0.2) is 31.4 Å². The summed E-state index contributed by atoms with van der Waals surface area (Å²) in [6.45, 7) is 5.78. The molecule has 3 atom stereocenters. The second-order valence-electron chi connectivity index (χ2n) is 5.46. The topological polar surface area (TPSA) is 58.7 Å². The Morgan fingerprint density at radius 3 is 2.79 bits per heavy atom. The first-order chi connectivity index (χ1) is 9.04. The lowest BCUT2D eigenvalue weighted by Gasteiger charge is -2.37. The molecule has 1 aliphatic rings. The van der Waals surface area contributed by atoms with Crippen molar-refractivity contribution in [1.82, 2.24) is 0 Å². The summed E-state index contributed by atoms with van der Waals surface area (Å²) in [6, 6.07) is 5.96. The number of piperidine rings is 1. The molecule has 0 amide bonds. The fourth-order valence-electron chi connectivity index (χ4n) is 2.80. The van der Waals surface area contributed by atoms with E-state index in [1.807, 2.05) is 19.1 Å². The highest BCUT2D eigenvalue weighted by Crippen LogP contribution is 2.35. The zero-order valence-corrected chi connectivity index (χ0v) is 12.0. The Hall–Kier alpha value is -1.26. The van der Waals surface area contributed by atoms with Gasteiger partial charge in [0.05, 0.1) is 13.2 Å². The fraction of sp³-hybridized carbons (Fsp3) is 0.600. The van der Waals surface area contributed by atoms with Crippen LogP contribution >= 0.6 is 0 Å². The number of methoxy groups -OCH3 is 1. The molecule has 1 aromatic rings. The zero-order chi connectivity index (χ0) is 14.0. The zero-order valence-electron chi connectivity index (χ0n) is 12.0. The molecular formula is C15H24N2O2. The van der Waals surface area contributed by atoms with Crippen molar-refractivity contribution < 1.29 is 9.84 Å². The lowest BCUT2D eigenvalue weighted by Crippen LogP contribution is -2.42. The van der Waals surface area contributed by atoms with Gasteiger partial charge in [0.25, 0.3) is 0 Å². The van der Waals surface area contributed by atoms with Crippen LogP contribution < -0.4 is 15.4 Å². The van der Waals surface area contributed by atoms with Gasteiger partial charge in [0.2, 0.25) is 0 Å². The van der Waals surface area contributed by atoms with Crippen LogP contribution in [0.3, 0.4) is 0 Å². The van der Waals surface area contributed by atoms with Gasteiger partial charge in [-0.05, 0) is 31.4 Å². The molecule has 1 heterocycles. The van der Waals surface area contributed by atoms with Crippen molar-refractivity contribution in [2.24, 2.45) is 11.7 Å². The minimum Gasteiger partial charge on any atom is -0.496 e. The molecule has 2 rings (SSSR count). The van der Waals surface area contributed by atoms with Gasteiger partial charge in [-0.2, -0.15) is 0 Å². The molecule has 0 aromatic heterocycles. The highest BCUT2D eigenvalue weighted by atomic mass is 16.5. The van der Waals surface area contributed by atoms with E-state index in [0.29, 0.717) is 0 Å². The number of nitrogens with zero attached hydrogens (tertiary/aromatic N) is 1. The molecule has 0 bridgehead atoms. The number of hydrogen-bond donors (Lipinski definition) is 2. The maximum Gasteiger partial charge on any atom is 0.125 e. The Morgan fingerprint density at radius 1 is 1.47 bits per heavy atom. The van der Waals surface area contributed by atoms with Gasteiger partial charge in [-0.3, -0.25) is 0 Å². The van der Waals surface area contributed by atoms with Gasteiger partial charge in [-0.25, -0.2) is 0 Å². The third-order valence-electron chi connectivity index (χ3n) is 3.92. The number of aliphatic hydroxyl groups is 1. The van der Waals surface area contributed by atoms with E-state index in [0.717, 1.165) is 36.5 Å². The standard InChI is InChI=1S/C15H24N2O2/c1-10-9-17(8-7-13(10)18)12-5-4-6-14(19-3)15(12)11(2)16/h4-6,10-11,13,18H,7-9,16H2,1-3H3/t10?,11-,13?/m0/s1. The van der Waals surface area contributed by atoms with Crippen LogP contribution in [0.4, 0.5) is 5.69 Å². The molecule has 106 valence electrons. The average molecular weight is 264 g/mol. The summed E-state index contributed by atoms with van der Waals surface area (Å²) in [4.78, 5) is 2.30. The van der Waals surface area contributed by atoms with Crippen LogP contribution in [0.15, 0.2) is 18.2 Å². The SMILES string of the molecule is COc1cccc(N2CCC(O)C(C)C2)c1[C@H](C)N. The number of hydrogen-bond acceptors (Lipinski definition) is 4. The predicted octanol–water partition coefficient (Wildman–Crippen LogP) is 1.92. The summed E-state index contributed by atoms with van der Waals surface area (Å²) in [6.07, 6.45) is 0.608. The molecule has 4 nitrogen and oxygen atoms in total. The first-order valence-electron chi connectivity index (χ1n) is 6.90. The molecule has 19 heavy (non-hydrogen) atoms. The fourth-order valence-corrected chi connectivity index (χ4v) is 2.80. The molecule has 0 saturated carbocycles. The van der Waals surface area contributed by atoms with Crippen LogP contribution in [0, 0.1) is 5.92 Å². The van der Waals surface area contributed by atoms with Crippen molar-refractivity contribution >= 4 is 5.69 Å². The first kappa shape index (κ1) is 14.2. The molecule has 1 fully saturated rings. The monoisotopic (exact) mass is 264 g/mol. The first-order valence-corrected chi connectivity index (χ1v) is 6.90. The van der Waals surface area contributed by atoms with Gasteiger partial charge in [0.1, 0.15) is 5.75 Å². The maximum absolute atomic E-state index is 9.85. The third kappa shape index (κ3) is 2.85. The molecule has 2 unspecified atom stereocenters. The van der Waals surface area contributed by atoms with Crippen LogP contribution in [0.5, 0.6) is 5.75 Å². The number of ether oxygens (including phenoxy) is 1. The van der Waals surface area contributed by atoms with Crippen molar-refractivity contribution in [2.75, 3.05) is 25.1 Å². The molecule has 0 spiro atoms. The quantitative estimate of drug-likeness (QED) is 0.875. The number of nitrogens with two attached hydrogens (primary N) is 1. The Bertz CT molecular complexity index is 434. The largest absolute Gasteiger partial charge is 0.496 e. The summed E-state index contributed by atoms with van der Waals surface area (Å²) in [5.41, 5.74) is 8.29. The predicted molar refractivity (Wildman–Crippen MR) is 77.6 cm³/mol. The molecule has 3 N–H and O–H groups in total. The third-order valence-corrected chi connectivity index (χ3v) is 3.92. The van der Waals surface area contributed by atoms with E-state index in [1.165, 1.54) is 0 Å². The summed E-state index contributed by atoms with van der Waals surface area (Å²) in [5.74, 6) is 1.12. The van der Waals surface area contributed by atoms with E-state index in [9.17, 15) is 5.11 Å². The highest BCUT2D eigenvalue weighted by molar-refractivity contribution is 5.61. The van der Waals surface area contributed by atoms with Crippen molar-refractivity contribution in [3.63, 3.8) is 0 Å². The van der Waals surface area contributed by atoms with Crippen molar-refractivity contribution in [1.29, 1.82) is 0 Å². The van der Waals surface area contributed by atoms with Gasteiger partial charge in [-0.15, -0.1) is 0 Å². The number of rotatable bonds is 3. The van der Waals surface area contributed by atoms with Crippen LogP contribution in [0.1, 0.15) is 31.9 Å². The normalized spacial score (nSPS) is 25.2. The molecule has 1 saturated heterocycles. The van der Waals surface area contributed by atoms with Crippen molar-refractivity contribution in [3.05, 3.63) is 23.8 Å². The molecule has 1 aromatic carbocycles. The van der Waals surface area contributed by atoms with Crippen molar-refractivity contribution in [3.8, 4) is 5.75 Å². The smallest absolute Gasteiger partial charge is 0.125 e. The minimum atomic E-state index is -0.194. The summed E-state index contributed by atoms with van der Waals surface area (Å²) in [7, 11) is 1.67. The molecule has 1 aliphatic heterocycles. The van der Waals surface area contributed by atoms with E-state index in [-0.39, 0.29) is 18.1 Å². The molecule has 0 radical (unpaired) electrons. The van der Waals surface area contributed by atoms with E-state index >= 15 is 0 Å². The molecule has 0 aliphatic carbocycles. The van der Waals surface area contributed by atoms with Gasteiger partial charge in [0.15, 0.2) is 0 Å². The maximum atomic E-state index is 9.85. The Labute approximate surface area is 115 Å². The Balaban J connectivity index is 2.34. The molecule has 4 heteroatoms. The minimum absolute atomic E-state index is 0.0756. The van der Waals surface area contributed by atoms with Gasteiger partial charge in [0, 0.05) is 30.4 Å². The molecular weight excluding hydrogens is 240 g/mol. The second kappa shape index (κ2) is 5.80. The van der Waals surface area contributed by atoms with Crippen LogP contribution in [0.25, 0.3) is 0 Å². The van der Waals surface area contributed by atoms with E-state index < -0.39 is 0 Å². The summed E-state index contributed by atoms with van der Waals surface area (Å²) in [5, 5.41) is 9.85. The van der Waals surface area contributed by atoms with Gasteiger partial charge < -0.3 is 20.5 Å². The van der Waals surface area contributed by atoms with Crippen molar-refractivity contribution in [2.45, 2.75) is 32.4 Å². The van der Waals surface area contributed by atoms with Gasteiger partial charge >= 0.3 is 0 Å². The van der Waals surface area contributed by atoms with Crippen LogP contribution in [-0.2, 0) is 0 Å².